The Morgan fingerprint density at radius 3 is 2.84 bits per heavy atom. The van der Waals surface area contributed by atoms with E-state index >= 15 is 0 Å². The molecular weight excluding hydrogens is 246 g/mol. The molecule has 0 aromatic heterocycles. The molecule has 0 saturated carbocycles. The van der Waals surface area contributed by atoms with Gasteiger partial charge in [-0.25, -0.2) is 0 Å². The zero-order valence-electron chi connectivity index (χ0n) is 11.7. The van der Waals surface area contributed by atoms with Gasteiger partial charge in [-0.3, -0.25) is 4.79 Å². The van der Waals surface area contributed by atoms with E-state index < -0.39 is 6.04 Å². The summed E-state index contributed by atoms with van der Waals surface area (Å²) in [6.45, 7) is 2.66. The van der Waals surface area contributed by atoms with Crippen LogP contribution in [-0.4, -0.2) is 51.0 Å². The van der Waals surface area contributed by atoms with Crippen LogP contribution in [0.5, 0.6) is 0 Å². The zero-order valence-corrected chi connectivity index (χ0v) is 11.7. The number of methoxy groups -OCH3 is 1. The summed E-state index contributed by atoms with van der Waals surface area (Å²) < 4.78 is 16.3. The Hall–Kier alpha value is -0.490. The second-order valence-electron chi connectivity index (χ2n) is 5.62. The highest BCUT2D eigenvalue weighted by atomic mass is 16.5. The average Bonchev–Trinajstić information content (AvgIpc) is 2.45. The van der Waals surface area contributed by atoms with Crippen molar-refractivity contribution in [2.75, 3.05) is 33.5 Å². The van der Waals surface area contributed by atoms with Gasteiger partial charge in [-0.1, -0.05) is 0 Å². The van der Waals surface area contributed by atoms with E-state index in [9.17, 15) is 4.79 Å². The summed E-state index contributed by atoms with van der Waals surface area (Å²) in [5.74, 6) is 0.213. The number of ketones is 1. The van der Waals surface area contributed by atoms with E-state index in [1.807, 2.05) is 0 Å². The van der Waals surface area contributed by atoms with Gasteiger partial charge in [0.25, 0.3) is 0 Å². The summed E-state index contributed by atoms with van der Waals surface area (Å²) in [5.41, 5.74) is 5.82. The minimum Gasteiger partial charge on any atom is -0.385 e. The number of carbonyl (C=O) groups is 1. The van der Waals surface area contributed by atoms with E-state index in [-0.39, 0.29) is 17.3 Å². The predicted octanol–water partition coefficient (Wildman–Crippen LogP) is 0.895. The molecule has 2 saturated heterocycles. The first kappa shape index (κ1) is 14.9. The smallest absolute Gasteiger partial charge is 0.152 e. The highest BCUT2D eigenvalue weighted by molar-refractivity contribution is 5.86. The number of ether oxygens (including phenoxy) is 3. The Kier molecular flexibility index (Phi) is 5.33. The Morgan fingerprint density at radius 1 is 1.42 bits per heavy atom. The predicted molar refractivity (Wildman–Crippen MR) is 70.9 cm³/mol. The van der Waals surface area contributed by atoms with Crippen molar-refractivity contribution in [2.45, 2.75) is 43.7 Å². The number of rotatable bonds is 5. The van der Waals surface area contributed by atoms with Crippen molar-refractivity contribution in [1.29, 1.82) is 0 Å². The molecule has 2 aliphatic rings. The Balaban J connectivity index is 1.91. The fourth-order valence-electron chi connectivity index (χ4n) is 3.05. The maximum Gasteiger partial charge on any atom is 0.152 e. The van der Waals surface area contributed by atoms with Crippen LogP contribution in [0.15, 0.2) is 0 Å². The van der Waals surface area contributed by atoms with Crippen LogP contribution in [0.2, 0.25) is 0 Å². The van der Waals surface area contributed by atoms with E-state index in [2.05, 4.69) is 0 Å². The fourth-order valence-corrected chi connectivity index (χ4v) is 3.05. The summed E-state index contributed by atoms with van der Waals surface area (Å²) in [7, 11) is 1.63. The van der Waals surface area contributed by atoms with Crippen LogP contribution in [-0.2, 0) is 19.0 Å². The molecule has 2 aliphatic heterocycles. The van der Waals surface area contributed by atoms with E-state index in [0.29, 0.717) is 19.6 Å². The fraction of sp³-hybridized carbons (Fsp3) is 0.929. The molecule has 19 heavy (non-hydrogen) atoms. The molecule has 0 radical (unpaired) electrons. The highest BCUT2D eigenvalue weighted by Gasteiger charge is 2.41. The van der Waals surface area contributed by atoms with E-state index in [4.69, 9.17) is 19.9 Å². The first-order valence-corrected chi connectivity index (χ1v) is 7.17. The minimum absolute atomic E-state index is 0.0405. The van der Waals surface area contributed by atoms with Crippen LogP contribution < -0.4 is 5.73 Å². The molecule has 2 fully saturated rings. The molecule has 5 nitrogen and oxygen atoms in total. The first-order valence-electron chi connectivity index (χ1n) is 7.17. The lowest BCUT2D eigenvalue weighted by atomic mass is 9.77. The number of Topliss-reactive ketones (excluding diaryl/α,β-unsaturated/α-hetero) is 1. The third-order valence-corrected chi connectivity index (χ3v) is 4.30. The summed E-state index contributed by atoms with van der Waals surface area (Å²) in [5, 5.41) is 0. The monoisotopic (exact) mass is 271 g/mol. The Labute approximate surface area is 114 Å². The number of carbonyl (C=O) groups excluding carboxylic acids is 1. The molecule has 2 rings (SSSR count). The minimum atomic E-state index is -0.403. The van der Waals surface area contributed by atoms with Gasteiger partial charge in [-0.05, 0) is 32.1 Å². The Bertz CT molecular complexity index is 296. The molecule has 0 amide bonds. The maximum absolute atomic E-state index is 12.4. The van der Waals surface area contributed by atoms with Crippen LogP contribution in [0.1, 0.15) is 32.1 Å². The van der Waals surface area contributed by atoms with Crippen LogP contribution in [0.25, 0.3) is 0 Å². The van der Waals surface area contributed by atoms with Crippen LogP contribution in [0.4, 0.5) is 0 Å². The van der Waals surface area contributed by atoms with Gasteiger partial charge in [0.15, 0.2) is 5.78 Å². The van der Waals surface area contributed by atoms with Gasteiger partial charge in [0.05, 0.1) is 11.6 Å². The van der Waals surface area contributed by atoms with Crippen molar-refractivity contribution in [2.24, 2.45) is 11.7 Å². The van der Waals surface area contributed by atoms with Gasteiger partial charge < -0.3 is 19.9 Å². The molecule has 2 N–H and O–H groups in total. The molecule has 1 spiro atoms. The lowest BCUT2D eigenvalue weighted by Crippen LogP contribution is -2.48. The van der Waals surface area contributed by atoms with E-state index in [1.165, 1.54) is 0 Å². The number of nitrogens with two attached hydrogens (primary N) is 1. The summed E-state index contributed by atoms with van der Waals surface area (Å²) >= 11 is 0. The van der Waals surface area contributed by atoms with Gasteiger partial charge >= 0.3 is 0 Å². The SMILES string of the molecule is COCCC(N)C(=O)C1CCOC2(CCOCC2)C1. The molecule has 0 aliphatic carbocycles. The molecule has 0 aromatic carbocycles. The molecule has 110 valence electrons. The summed E-state index contributed by atoms with van der Waals surface area (Å²) in [6.07, 6.45) is 3.98. The Morgan fingerprint density at radius 2 is 2.16 bits per heavy atom. The molecule has 0 aromatic rings. The molecule has 5 heteroatoms. The zero-order chi connectivity index (χ0) is 13.7. The third kappa shape index (κ3) is 3.75. The van der Waals surface area contributed by atoms with Crippen molar-refractivity contribution in [3.8, 4) is 0 Å². The molecule has 2 heterocycles. The average molecular weight is 271 g/mol. The molecule has 0 bridgehead atoms. The molecule has 2 unspecified atom stereocenters. The van der Waals surface area contributed by atoms with Crippen LogP contribution in [0.3, 0.4) is 0 Å². The number of hydrogen-bond donors (Lipinski definition) is 1. The van der Waals surface area contributed by atoms with Crippen molar-refractivity contribution in [3.63, 3.8) is 0 Å². The van der Waals surface area contributed by atoms with Gasteiger partial charge in [-0.2, -0.15) is 0 Å². The standard InChI is InChI=1S/C14H25NO4/c1-17-6-3-12(15)13(16)11-2-7-19-14(10-11)4-8-18-9-5-14/h11-12H,2-10,15H2,1H3. The van der Waals surface area contributed by atoms with Crippen molar-refractivity contribution in [1.82, 2.24) is 0 Å². The quantitative estimate of drug-likeness (QED) is 0.804. The number of hydrogen-bond acceptors (Lipinski definition) is 5. The molecule has 2 atom stereocenters. The van der Waals surface area contributed by atoms with Gasteiger partial charge in [0.2, 0.25) is 0 Å². The summed E-state index contributed by atoms with van der Waals surface area (Å²) in [6, 6.07) is -0.403. The van der Waals surface area contributed by atoms with Gasteiger partial charge in [0, 0.05) is 39.5 Å². The normalized spacial score (nSPS) is 28.2. The second kappa shape index (κ2) is 6.79. The van der Waals surface area contributed by atoms with E-state index in [0.717, 1.165) is 38.9 Å². The van der Waals surface area contributed by atoms with E-state index in [1.54, 1.807) is 7.11 Å². The first-order chi connectivity index (χ1) is 9.17. The summed E-state index contributed by atoms with van der Waals surface area (Å²) in [4.78, 5) is 12.4. The highest BCUT2D eigenvalue weighted by Crippen LogP contribution is 2.37. The van der Waals surface area contributed by atoms with Crippen molar-refractivity contribution >= 4 is 5.78 Å². The van der Waals surface area contributed by atoms with Crippen LogP contribution in [0, 0.1) is 5.92 Å². The second-order valence-corrected chi connectivity index (χ2v) is 5.62. The largest absolute Gasteiger partial charge is 0.385 e. The third-order valence-electron chi connectivity index (χ3n) is 4.30. The van der Waals surface area contributed by atoms with Crippen molar-refractivity contribution in [3.05, 3.63) is 0 Å². The molecular formula is C14H25NO4. The van der Waals surface area contributed by atoms with Crippen LogP contribution >= 0.6 is 0 Å². The maximum atomic E-state index is 12.4. The topological polar surface area (TPSA) is 70.8 Å². The van der Waals surface area contributed by atoms with Gasteiger partial charge in [-0.15, -0.1) is 0 Å². The van der Waals surface area contributed by atoms with Gasteiger partial charge in [0.1, 0.15) is 0 Å². The lowest BCUT2D eigenvalue weighted by Gasteiger charge is -2.43. The lowest BCUT2D eigenvalue weighted by molar-refractivity contribution is -0.157. The van der Waals surface area contributed by atoms with Crippen molar-refractivity contribution < 1.29 is 19.0 Å².